The zero-order chi connectivity index (χ0) is 28.2. The molecule has 0 spiro atoms. The van der Waals surface area contributed by atoms with E-state index < -0.39 is 0 Å². The minimum absolute atomic E-state index is 0.0738. The van der Waals surface area contributed by atoms with Gasteiger partial charge in [-0.1, -0.05) is 30.2 Å². The maximum Gasteiger partial charge on any atom is 0.246 e. The van der Waals surface area contributed by atoms with E-state index >= 15 is 0 Å². The van der Waals surface area contributed by atoms with Crippen molar-refractivity contribution in [3.05, 3.63) is 81.7 Å². The van der Waals surface area contributed by atoms with Crippen LogP contribution in [0.25, 0.3) is 10.2 Å². The zero-order valence-electron chi connectivity index (χ0n) is 23.1. The van der Waals surface area contributed by atoms with Gasteiger partial charge in [-0.05, 0) is 75.2 Å². The van der Waals surface area contributed by atoms with Crippen molar-refractivity contribution in [2.75, 3.05) is 31.5 Å². The SMILES string of the molecule is Cc1cccc(COc2ccc(Nc3ncnc4sc5c(c34)CCN(C(=O)C=CCN3CCCCC3)C5)cc2Cl)n1. The number of likely N-dealkylation sites (tertiary alicyclic amines) is 1. The fraction of sp³-hybridized carbons (Fsp3) is 0.355. The number of pyridine rings is 1. The van der Waals surface area contributed by atoms with E-state index in [0.717, 1.165) is 59.2 Å². The molecule has 212 valence electrons. The minimum Gasteiger partial charge on any atom is -0.486 e. The summed E-state index contributed by atoms with van der Waals surface area (Å²) in [5, 5.41) is 4.95. The number of hydrogen-bond acceptors (Lipinski definition) is 8. The lowest BCUT2D eigenvalue weighted by Crippen LogP contribution is -2.34. The van der Waals surface area contributed by atoms with Gasteiger partial charge >= 0.3 is 0 Å². The van der Waals surface area contributed by atoms with Gasteiger partial charge in [-0.2, -0.15) is 0 Å². The topological polar surface area (TPSA) is 83.5 Å². The summed E-state index contributed by atoms with van der Waals surface area (Å²) >= 11 is 8.20. The molecule has 6 rings (SSSR count). The molecular formula is C31H33ClN6O2S. The molecule has 10 heteroatoms. The number of nitrogens with one attached hydrogen (secondary N) is 1. The molecule has 0 unspecified atom stereocenters. The lowest BCUT2D eigenvalue weighted by molar-refractivity contribution is -0.126. The molecule has 0 aliphatic carbocycles. The fourth-order valence-corrected chi connectivity index (χ4v) is 6.86. The highest BCUT2D eigenvalue weighted by atomic mass is 35.5. The molecule has 1 fully saturated rings. The summed E-state index contributed by atoms with van der Waals surface area (Å²) < 4.78 is 5.91. The summed E-state index contributed by atoms with van der Waals surface area (Å²) in [4.78, 5) is 32.9. The van der Waals surface area contributed by atoms with Gasteiger partial charge < -0.3 is 15.0 Å². The fourth-order valence-electron chi connectivity index (χ4n) is 5.42. The number of rotatable bonds is 8. The van der Waals surface area contributed by atoms with Crippen molar-refractivity contribution in [3.8, 4) is 5.75 Å². The number of benzene rings is 1. The van der Waals surface area contributed by atoms with E-state index in [1.165, 1.54) is 29.7 Å². The Morgan fingerprint density at radius 3 is 2.85 bits per heavy atom. The van der Waals surface area contributed by atoms with Crippen molar-refractivity contribution in [1.29, 1.82) is 0 Å². The van der Waals surface area contributed by atoms with Gasteiger partial charge in [-0.15, -0.1) is 11.3 Å². The Kier molecular flexibility index (Phi) is 8.46. The number of fused-ring (bicyclic) bond motifs is 3. The van der Waals surface area contributed by atoms with Crippen LogP contribution in [0.2, 0.25) is 5.02 Å². The van der Waals surface area contributed by atoms with Gasteiger partial charge in [0.05, 0.1) is 22.6 Å². The number of anilines is 2. The number of piperidine rings is 1. The quantitative estimate of drug-likeness (QED) is 0.242. The van der Waals surface area contributed by atoms with Crippen LogP contribution in [0.5, 0.6) is 5.75 Å². The highest BCUT2D eigenvalue weighted by molar-refractivity contribution is 7.19. The molecule has 3 aromatic heterocycles. The third-order valence-electron chi connectivity index (χ3n) is 7.54. The smallest absolute Gasteiger partial charge is 0.246 e. The van der Waals surface area contributed by atoms with Crippen LogP contribution in [0.1, 0.15) is 41.1 Å². The molecule has 41 heavy (non-hydrogen) atoms. The van der Waals surface area contributed by atoms with Crippen LogP contribution in [0.15, 0.2) is 54.9 Å². The van der Waals surface area contributed by atoms with E-state index in [0.29, 0.717) is 30.5 Å². The molecule has 1 aromatic carbocycles. The molecule has 1 N–H and O–H groups in total. The summed E-state index contributed by atoms with van der Waals surface area (Å²) in [5.41, 5.74) is 3.82. The number of aryl methyl sites for hydroxylation is 1. The Morgan fingerprint density at radius 2 is 2.02 bits per heavy atom. The van der Waals surface area contributed by atoms with Crippen LogP contribution in [0.3, 0.4) is 0 Å². The Balaban J connectivity index is 1.13. The van der Waals surface area contributed by atoms with Gasteiger partial charge in [-0.3, -0.25) is 14.7 Å². The number of aromatic nitrogens is 3. The number of halogens is 1. The number of hydrogen-bond donors (Lipinski definition) is 1. The number of carbonyl (C=O) groups is 1. The number of amides is 1. The molecule has 1 saturated heterocycles. The van der Waals surface area contributed by atoms with Crippen molar-refractivity contribution >= 4 is 50.6 Å². The van der Waals surface area contributed by atoms with Gasteiger partial charge in [0, 0.05) is 35.4 Å². The maximum atomic E-state index is 12.9. The second-order valence-corrected chi connectivity index (χ2v) is 12.0. The maximum absolute atomic E-state index is 12.9. The zero-order valence-corrected chi connectivity index (χ0v) is 24.7. The average molecular weight is 589 g/mol. The first-order valence-electron chi connectivity index (χ1n) is 14.1. The summed E-state index contributed by atoms with van der Waals surface area (Å²) in [6.45, 7) is 6.66. The third-order valence-corrected chi connectivity index (χ3v) is 8.96. The van der Waals surface area contributed by atoms with E-state index in [9.17, 15) is 4.79 Å². The van der Waals surface area contributed by atoms with Gasteiger partial charge in [0.15, 0.2) is 0 Å². The number of nitrogens with zero attached hydrogens (tertiary/aromatic N) is 5. The van der Waals surface area contributed by atoms with Crippen molar-refractivity contribution in [2.24, 2.45) is 0 Å². The van der Waals surface area contributed by atoms with E-state index in [4.69, 9.17) is 16.3 Å². The monoisotopic (exact) mass is 588 g/mol. The van der Waals surface area contributed by atoms with Crippen LogP contribution in [0.4, 0.5) is 11.5 Å². The molecule has 4 aromatic rings. The molecule has 0 radical (unpaired) electrons. The summed E-state index contributed by atoms with van der Waals surface area (Å²) in [7, 11) is 0. The molecule has 5 heterocycles. The van der Waals surface area contributed by atoms with E-state index in [-0.39, 0.29) is 5.91 Å². The lowest BCUT2D eigenvalue weighted by Gasteiger charge is -2.27. The van der Waals surface area contributed by atoms with Crippen LogP contribution < -0.4 is 10.1 Å². The molecule has 8 nitrogen and oxygen atoms in total. The van der Waals surface area contributed by atoms with E-state index in [1.807, 2.05) is 54.3 Å². The highest BCUT2D eigenvalue weighted by Gasteiger charge is 2.25. The van der Waals surface area contributed by atoms with Gasteiger partial charge in [-0.25, -0.2) is 9.97 Å². The largest absolute Gasteiger partial charge is 0.486 e. The normalized spacial score (nSPS) is 15.8. The van der Waals surface area contributed by atoms with Gasteiger partial charge in [0.1, 0.15) is 29.3 Å². The van der Waals surface area contributed by atoms with Crippen molar-refractivity contribution in [2.45, 2.75) is 45.8 Å². The Bertz CT molecular complexity index is 1580. The van der Waals surface area contributed by atoms with Crippen molar-refractivity contribution in [1.82, 2.24) is 24.8 Å². The molecule has 2 aliphatic rings. The van der Waals surface area contributed by atoms with E-state index in [1.54, 1.807) is 23.7 Å². The lowest BCUT2D eigenvalue weighted by atomic mass is 10.0. The van der Waals surface area contributed by atoms with Crippen LogP contribution >= 0.6 is 22.9 Å². The van der Waals surface area contributed by atoms with Crippen LogP contribution in [-0.4, -0.2) is 56.8 Å². The summed E-state index contributed by atoms with van der Waals surface area (Å²) in [6.07, 6.45) is 9.92. The van der Waals surface area contributed by atoms with Gasteiger partial charge in [0.2, 0.25) is 5.91 Å². The van der Waals surface area contributed by atoms with Crippen molar-refractivity contribution < 1.29 is 9.53 Å². The number of carbonyl (C=O) groups excluding carboxylic acids is 1. The Morgan fingerprint density at radius 1 is 1.15 bits per heavy atom. The van der Waals surface area contributed by atoms with Crippen LogP contribution in [-0.2, 0) is 24.4 Å². The predicted molar refractivity (Wildman–Crippen MR) is 164 cm³/mol. The standard InChI is InChI=1S/C31H33ClN6O2S/c1-21-7-5-8-23(35-21)19-40-26-11-10-22(17-25(26)32)36-30-29-24-12-16-38(18-27(24)41-31(29)34-20-33-30)28(39)9-6-15-37-13-3-2-4-14-37/h5-11,17,20H,2-4,12-16,18-19H2,1H3,(H,33,34,36). The highest BCUT2D eigenvalue weighted by Crippen LogP contribution is 2.39. The first-order chi connectivity index (χ1) is 20.0. The predicted octanol–water partition coefficient (Wildman–Crippen LogP) is 6.30. The van der Waals surface area contributed by atoms with Crippen molar-refractivity contribution in [3.63, 3.8) is 0 Å². The molecule has 1 amide bonds. The Labute approximate surface area is 249 Å². The first-order valence-corrected chi connectivity index (χ1v) is 15.3. The molecular weight excluding hydrogens is 556 g/mol. The van der Waals surface area contributed by atoms with E-state index in [2.05, 4.69) is 25.2 Å². The van der Waals surface area contributed by atoms with Gasteiger partial charge in [0.25, 0.3) is 0 Å². The number of ether oxygens (including phenoxy) is 1. The third kappa shape index (κ3) is 6.53. The average Bonchev–Trinajstić information content (AvgIpc) is 3.36. The molecule has 0 atom stereocenters. The molecule has 0 saturated carbocycles. The molecule has 2 aliphatic heterocycles. The molecule has 0 bridgehead atoms. The summed E-state index contributed by atoms with van der Waals surface area (Å²) in [6, 6.07) is 11.5. The minimum atomic E-state index is 0.0738. The first kappa shape index (κ1) is 27.6. The Hall–Kier alpha value is -3.53. The second-order valence-electron chi connectivity index (χ2n) is 10.5. The van der Waals surface area contributed by atoms with Crippen LogP contribution in [0, 0.1) is 6.92 Å². The second kappa shape index (κ2) is 12.5. The summed E-state index contributed by atoms with van der Waals surface area (Å²) in [5.74, 6) is 1.41. The number of thiophene rings is 1.